The summed E-state index contributed by atoms with van der Waals surface area (Å²) in [5, 5.41) is 4.85. The predicted octanol–water partition coefficient (Wildman–Crippen LogP) is 5.55. The number of likely N-dealkylation sites (tertiary alicyclic amines) is 1. The largest absolute Gasteiger partial charge is 0.322 e. The molecule has 1 amide bonds. The Hall–Kier alpha value is -2.50. The number of amides is 1. The molecular formula is C23H23FN2OS. The number of para-hydroxylation sites is 1. The minimum atomic E-state index is -0.401. The molecule has 0 saturated carbocycles. The quantitative estimate of drug-likeness (QED) is 0.615. The standard InChI is InChI=1S/C23H23FN2OS/c24-19-6-1-2-7-20(19)25-23(27)21-8-3-4-14-26(21)16-17-10-12-18(13-11-17)22-9-5-15-28-22/h1-2,5-7,9-13,15,21H,3-4,8,14,16H2,(H,25,27). The third-order valence-electron chi connectivity index (χ3n) is 5.19. The van der Waals surface area contributed by atoms with Crippen LogP contribution in [0.4, 0.5) is 10.1 Å². The molecular weight excluding hydrogens is 371 g/mol. The molecule has 0 spiro atoms. The summed E-state index contributed by atoms with van der Waals surface area (Å²) in [4.78, 5) is 16.3. The van der Waals surface area contributed by atoms with E-state index in [1.807, 2.05) is 0 Å². The highest BCUT2D eigenvalue weighted by atomic mass is 32.1. The zero-order chi connectivity index (χ0) is 19.3. The molecule has 1 atom stereocenters. The van der Waals surface area contributed by atoms with Crippen LogP contribution in [0.25, 0.3) is 10.4 Å². The molecule has 144 valence electrons. The van der Waals surface area contributed by atoms with E-state index in [1.165, 1.54) is 22.1 Å². The monoisotopic (exact) mass is 394 g/mol. The van der Waals surface area contributed by atoms with Crippen LogP contribution in [0.1, 0.15) is 24.8 Å². The van der Waals surface area contributed by atoms with E-state index in [-0.39, 0.29) is 17.6 Å². The molecule has 1 aliphatic heterocycles. The highest BCUT2D eigenvalue weighted by Crippen LogP contribution is 2.26. The number of nitrogens with zero attached hydrogens (tertiary/aromatic N) is 1. The van der Waals surface area contributed by atoms with Gasteiger partial charge in [0.2, 0.25) is 5.91 Å². The number of carbonyl (C=O) groups excluding carboxylic acids is 1. The first-order valence-electron chi connectivity index (χ1n) is 9.63. The molecule has 3 aromatic rings. The smallest absolute Gasteiger partial charge is 0.241 e. The van der Waals surface area contributed by atoms with Crippen LogP contribution in [0.15, 0.2) is 66.0 Å². The van der Waals surface area contributed by atoms with Crippen LogP contribution >= 0.6 is 11.3 Å². The maximum atomic E-state index is 13.9. The Morgan fingerprint density at radius 2 is 1.89 bits per heavy atom. The predicted molar refractivity (Wildman–Crippen MR) is 113 cm³/mol. The van der Waals surface area contributed by atoms with E-state index in [4.69, 9.17) is 0 Å². The summed E-state index contributed by atoms with van der Waals surface area (Å²) in [7, 11) is 0. The van der Waals surface area contributed by atoms with Crippen molar-refractivity contribution in [2.45, 2.75) is 31.8 Å². The van der Waals surface area contributed by atoms with E-state index >= 15 is 0 Å². The van der Waals surface area contributed by atoms with E-state index in [2.05, 4.69) is 52.0 Å². The molecule has 1 fully saturated rings. The number of rotatable bonds is 5. The van der Waals surface area contributed by atoms with Crippen molar-refractivity contribution in [2.24, 2.45) is 0 Å². The van der Waals surface area contributed by atoms with Crippen LogP contribution in [0.3, 0.4) is 0 Å². The summed E-state index contributed by atoms with van der Waals surface area (Å²) >= 11 is 1.73. The van der Waals surface area contributed by atoms with Gasteiger partial charge in [0.25, 0.3) is 0 Å². The van der Waals surface area contributed by atoms with Gasteiger partial charge in [-0.2, -0.15) is 0 Å². The highest BCUT2D eigenvalue weighted by Gasteiger charge is 2.29. The molecule has 1 unspecified atom stereocenters. The number of hydrogen-bond donors (Lipinski definition) is 1. The van der Waals surface area contributed by atoms with Crippen LogP contribution in [0, 0.1) is 5.82 Å². The molecule has 1 aliphatic rings. The topological polar surface area (TPSA) is 32.3 Å². The summed E-state index contributed by atoms with van der Waals surface area (Å²) in [5.74, 6) is -0.526. The van der Waals surface area contributed by atoms with Gasteiger partial charge in [0.05, 0.1) is 11.7 Å². The van der Waals surface area contributed by atoms with Gasteiger partial charge in [0.1, 0.15) is 5.82 Å². The van der Waals surface area contributed by atoms with Gasteiger partial charge in [-0.15, -0.1) is 11.3 Å². The van der Waals surface area contributed by atoms with Crippen molar-refractivity contribution in [1.29, 1.82) is 0 Å². The van der Waals surface area contributed by atoms with Crippen molar-refractivity contribution >= 4 is 22.9 Å². The van der Waals surface area contributed by atoms with E-state index < -0.39 is 5.82 Å². The van der Waals surface area contributed by atoms with Crippen LogP contribution < -0.4 is 5.32 Å². The van der Waals surface area contributed by atoms with Gasteiger partial charge >= 0.3 is 0 Å². The Kier molecular flexibility index (Phi) is 5.84. The Labute approximate surface area is 168 Å². The van der Waals surface area contributed by atoms with Gasteiger partial charge in [-0.25, -0.2) is 4.39 Å². The van der Waals surface area contributed by atoms with Crippen molar-refractivity contribution in [2.75, 3.05) is 11.9 Å². The van der Waals surface area contributed by atoms with Gasteiger partial charge in [-0.1, -0.05) is 48.9 Å². The van der Waals surface area contributed by atoms with E-state index in [0.29, 0.717) is 0 Å². The van der Waals surface area contributed by atoms with E-state index in [1.54, 1.807) is 29.5 Å². The number of benzene rings is 2. The van der Waals surface area contributed by atoms with Crippen molar-refractivity contribution in [1.82, 2.24) is 4.90 Å². The minimum Gasteiger partial charge on any atom is -0.322 e. The third kappa shape index (κ3) is 4.32. The second-order valence-electron chi connectivity index (χ2n) is 7.13. The zero-order valence-corrected chi connectivity index (χ0v) is 16.4. The lowest BCUT2D eigenvalue weighted by Crippen LogP contribution is -2.46. The fraction of sp³-hybridized carbons (Fsp3) is 0.261. The average Bonchev–Trinajstić information content (AvgIpc) is 3.25. The number of carbonyl (C=O) groups is 1. The molecule has 5 heteroatoms. The van der Waals surface area contributed by atoms with Crippen LogP contribution in [-0.2, 0) is 11.3 Å². The Morgan fingerprint density at radius 3 is 2.64 bits per heavy atom. The van der Waals surface area contributed by atoms with Crippen molar-refractivity contribution in [3.8, 4) is 10.4 Å². The SMILES string of the molecule is O=C(Nc1ccccc1F)C1CCCCN1Cc1ccc(-c2cccs2)cc1. The van der Waals surface area contributed by atoms with Crippen LogP contribution in [0.5, 0.6) is 0 Å². The van der Waals surface area contributed by atoms with Gasteiger partial charge in [-0.05, 0) is 54.1 Å². The van der Waals surface area contributed by atoms with Crippen molar-refractivity contribution in [3.05, 3.63) is 77.4 Å². The lowest BCUT2D eigenvalue weighted by molar-refractivity contribution is -0.122. The number of halogens is 1. The first kappa shape index (κ1) is 18.8. The Balaban J connectivity index is 1.45. The molecule has 1 N–H and O–H groups in total. The second kappa shape index (κ2) is 8.67. The van der Waals surface area contributed by atoms with E-state index in [0.717, 1.165) is 32.4 Å². The lowest BCUT2D eigenvalue weighted by atomic mass is 10.00. The molecule has 2 heterocycles. The Bertz CT molecular complexity index is 924. The van der Waals surface area contributed by atoms with Gasteiger partial charge < -0.3 is 5.32 Å². The summed E-state index contributed by atoms with van der Waals surface area (Å²) in [5.41, 5.74) is 2.65. The number of thiophene rings is 1. The molecule has 1 aromatic heterocycles. The average molecular weight is 395 g/mol. The first-order chi connectivity index (χ1) is 13.7. The van der Waals surface area contributed by atoms with E-state index in [9.17, 15) is 9.18 Å². The fourth-order valence-corrected chi connectivity index (χ4v) is 4.44. The third-order valence-corrected chi connectivity index (χ3v) is 6.11. The molecule has 2 aromatic carbocycles. The van der Waals surface area contributed by atoms with Gasteiger partial charge in [0, 0.05) is 11.4 Å². The summed E-state index contributed by atoms with van der Waals surface area (Å²) < 4.78 is 13.9. The molecule has 0 bridgehead atoms. The second-order valence-corrected chi connectivity index (χ2v) is 8.07. The molecule has 3 nitrogen and oxygen atoms in total. The summed E-state index contributed by atoms with van der Waals surface area (Å²) in [6.45, 7) is 1.60. The number of piperidine rings is 1. The van der Waals surface area contributed by atoms with Crippen LogP contribution in [0.2, 0.25) is 0 Å². The summed E-state index contributed by atoms with van der Waals surface area (Å²) in [6.07, 6.45) is 2.90. The lowest BCUT2D eigenvalue weighted by Gasteiger charge is -2.34. The molecule has 0 radical (unpaired) electrons. The first-order valence-corrected chi connectivity index (χ1v) is 10.5. The molecule has 0 aliphatic carbocycles. The molecule has 1 saturated heterocycles. The number of anilines is 1. The maximum absolute atomic E-state index is 13.9. The fourth-order valence-electron chi connectivity index (χ4n) is 3.71. The molecule has 4 rings (SSSR count). The van der Waals surface area contributed by atoms with Crippen molar-refractivity contribution in [3.63, 3.8) is 0 Å². The number of nitrogens with one attached hydrogen (secondary N) is 1. The minimum absolute atomic E-state index is 0.125. The number of hydrogen-bond acceptors (Lipinski definition) is 3. The van der Waals surface area contributed by atoms with Gasteiger partial charge in [0.15, 0.2) is 0 Å². The zero-order valence-electron chi connectivity index (χ0n) is 15.6. The summed E-state index contributed by atoms with van der Waals surface area (Å²) in [6, 6.07) is 18.8. The normalized spacial score (nSPS) is 17.4. The Morgan fingerprint density at radius 1 is 1.07 bits per heavy atom. The molecule has 28 heavy (non-hydrogen) atoms. The van der Waals surface area contributed by atoms with Gasteiger partial charge in [-0.3, -0.25) is 9.69 Å². The van der Waals surface area contributed by atoms with Crippen LogP contribution in [-0.4, -0.2) is 23.4 Å². The van der Waals surface area contributed by atoms with Crippen molar-refractivity contribution < 1.29 is 9.18 Å². The highest BCUT2D eigenvalue weighted by molar-refractivity contribution is 7.13. The maximum Gasteiger partial charge on any atom is 0.241 e.